The van der Waals surface area contributed by atoms with Gasteiger partial charge in [0.25, 0.3) is 0 Å². The highest BCUT2D eigenvalue weighted by Crippen LogP contribution is 2.25. The number of hydrogen-bond donors (Lipinski definition) is 1. The second kappa shape index (κ2) is 6.73. The summed E-state index contributed by atoms with van der Waals surface area (Å²) in [4.78, 5) is 2.32. The van der Waals surface area contributed by atoms with Crippen molar-refractivity contribution in [2.24, 2.45) is 5.73 Å². The topological polar surface area (TPSA) is 47.7 Å². The first kappa shape index (κ1) is 13.3. The molecule has 0 aromatic heterocycles. The zero-order valence-corrected chi connectivity index (χ0v) is 11.0. The van der Waals surface area contributed by atoms with E-state index in [1.165, 1.54) is 11.3 Å². The molecule has 0 saturated heterocycles. The Labute approximate surface area is 109 Å². The Bertz CT molecular complexity index is 371. The van der Waals surface area contributed by atoms with Gasteiger partial charge in [0.2, 0.25) is 0 Å². The van der Waals surface area contributed by atoms with Gasteiger partial charge >= 0.3 is 0 Å². The number of ether oxygens (including phenoxy) is 2. The monoisotopic (exact) mass is 250 g/mol. The van der Waals surface area contributed by atoms with E-state index in [1.807, 2.05) is 0 Å². The lowest BCUT2D eigenvalue weighted by molar-refractivity contribution is 0.0739. The molecule has 4 heteroatoms. The fourth-order valence-corrected chi connectivity index (χ4v) is 2.35. The van der Waals surface area contributed by atoms with Crippen LogP contribution in [0.15, 0.2) is 24.3 Å². The van der Waals surface area contributed by atoms with Crippen molar-refractivity contribution in [3.8, 4) is 0 Å². The lowest BCUT2D eigenvalue weighted by atomic mass is 9.98. The van der Waals surface area contributed by atoms with Crippen molar-refractivity contribution in [3.05, 3.63) is 29.8 Å². The maximum atomic E-state index is 6.09. The molecule has 100 valence electrons. The summed E-state index contributed by atoms with van der Waals surface area (Å²) in [5, 5.41) is 0. The van der Waals surface area contributed by atoms with Crippen molar-refractivity contribution in [2.45, 2.75) is 12.5 Å². The molecule has 1 aliphatic heterocycles. The number of rotatable bonds is 6. The van der Waals surface area contributed by atoms with Gasteiger partial charge in [-0.1, -0.05) is 18.2 Å². The number of benzene rings is 1. The van der Waals surface area contributed by atoms with Crippen LogP contribution in [0.3, 0.4) is 0 Å². The molecule has 2 N–H and O–H groups in total. The van der Waals surface area contributed by atoms with Crippen molar-refractivity contribution in [1.29, 1.82) is 0 Å². The van der Waals surface area contributed by atoms with Gasteiger partial charge in [-0.15, -0.1) is 0 Å². The largest absolute Gasteiger partial charge is 0.382 e. The fraction of sp³-hybridized carbons (Fsp3) is 0.571. The van der Waals surface area contributed by atoms with Crippen molar-refractivity contribution in [1.82, 2.24) is 0 Å². The number of hydrogen-bond acceptors (Lipinski definition) is 4. The molecule has 18 heavy (non-hydrogen) atoms. The Morgan fingerprint density at radius 1 is 1.28 bits per heavy atom. The second-order valence-electron chi connectivity index (χ2n) is 4.64. The minimum Gasteiger partial charge on any atom is -0.382 e. The van der Waals surface area contributed by atoms with Crippen LogP contribution in [0.25, 0.3) is 0 Å². The molecule has 0 saturated carbocycles. The molecule has 0 fully saturated rings. The van der Waals surface area contributed by atoms with Gasteiger partial charge in [-0.25, -0.2) is 0 Å². The van der Waals surface area contributed by atoms with E-state index in [0.29, 0.717) is 19.8 Å². The van der Waals surface area contributed by atoms with Crippen molar-refractivity contribution >= 4 is 5.69 Å². The number of methoxy groups -OCH3 is 1. The van der Waals surface area contributed by atoms with E-state index < -0.39 is 0 Å². The standard InChI is InChI=1S/C14H22N2O2/c1-17-8-9-18-7-6-16-11-13(15)10-12-4-2-3-5-14(12)16/h2-5,13H,6-11,15H2,1H3. The van der Waals surface area contributed by atoms with Crippen molar-refractivity contribution in [2.75, 3.05) is 44.9 Å². The van der Waals surface area contributed by atoms with E-state index in [4.69, 9.17) is 15.2 Å². The van der Waals surface area contributed by atoms with Crippen LogP contribution in [0.5, 0.6) is 0 Å². The first-order chi connectivity index (χ1) is 8.81. The molecule has 2 rings (SSSR count). The van der Waals surface area contributed by atoms with E-state index in [2.05, 4.69) is 29.2 Å². The highest BCUT2D eigenvalue weighted by molar-refractivity contribution is 5.56. The predicted octanol–water partition coefficient (Wildman–Crippen LogP) is 1.04. The second-order valence-corrected chi connectivity index (χ2v) is 4.64. The molecule has 1 aliphatic rings. The van der Waals surface area contributed by atoms with E-state index in [-0.39, 0.29) is 6.04 Å². The third-order valence-electron chi connectivity index (χ3n) is 3.21. The van der Waals surface area contributed by atoms with Gasteiger partial charge in [-0.2, -0.15) is 0 Å². The van der Waals surface area contributed by atoms with Gasteiger partial charge in [0, 0.05) is 31.9 Å². The van der Waals surface area contributed by atoms with Crippen molar-refractivity contribution in [3.63, 3.8) is 0 Å². The van der Waals surface area contributed by atoms with Crippen LogP contribution in [0.2, 0.25) is 0 Å². The highest BCUT2D eigenvalue weighted by Gasteiger charge is 2.20. The Morgan fingerprint density at radius 3 is 2.94 bits per heavy atom. The quantitative estimate of drug-likeness (QED) is 0.766. The average molecular weight is 250 g/mol. The zero-order valence-electron chi connectivity index (χ0n) is 11.0. The number of anilines is 1. The lowest BCUT2D eigenvalue weighted by Gasteiger charge is -2.34. The molecule has 0 bridgehead atoms. The Balaban J connectivity index is 1.88. The van der Waals surface area contributed by atoms with Crippen LogP contribution in [0.4, 0.5) is 5.69 Å². The van der Waals surface area contributed by atoms with Gasteiger partial charge in [0.05, 0.1) is 19.8 Å². The summed E-state index contributed by atoms with van der Waals surface area (Å²) in [5.41, 5.74) is 8.73. The Hall–Kier alpha value is -1.10. The number of fused-ring (bicyclic) bond motifs is 1. The van der Waals surface area contributed by atoms with Crippen LogP contribution >= 0.6 is 0 Å². The molecule has 1 heterocycles. The number of para-hydroxylation sites is 1. The summed E-state index contributed by atoms with van der Waals surface area (Å²) in [7, 11) is 1.68. The Morgan fingerprint density at radius 2 is 2.11 bits per heavy atom. The van der Waals surface area contributed by atoms with Gasteiger partial charge < -0.3 is 20.1 Å². The van der Waals surface area contributed by atoms with E-state index in [1.54, 1.807) is 7.11 Å². The van der Waals surface area contributed by atoms with Gasteiger partial charge in [0.15, 0.2) is 0 Å². The normalized spacial score (nSPS) is 18.8. The molecule has 0 aliphatic carbocycles. The first-order valence-electron chi connectivity index (χ1n) is 6.46. The molecule has 1 aromatic carbocycles. The summed E-state index contributed by atoms with van der Waals surface area (Å²) in [6, 6.07) is 8.70. The smallest absolute Gasteiger partial charge is 0.0701 e. The third-order valence-corrected chi connectivity index (χ3v) is 3.21. The fourth-order valence-electron chi connectivity index (χ4n) is 2.35. The van der Waals surface area contributed by atoms with E-state index in [0.717, 1.165) is 19.5 Å². The summed E-state index contributed by atoms with van der Waals surface area (Å²) < 4.78 is 10.5. The molecule has 0 spiro atoms. The van der Waals surface area contributed by atoms with Crippen LogP contribution in [-0.4, -0.2) is 46.1 Å². The SMILES string of the molecule is COCCOCCN1CC(N)Cc2ccccc21. The molecular weight excluding hydrogens is 228 g/mol. The van der Waals surface area contributed by atoms with Gasteiger partial charge in [0.1, 0.15) is 0 Å². The van der Waals surface area contributed by atoms with Crippen LogP contribution in [0.1, 0.15) is 5.56 Å². The maximum absolute atomic E-state index is 6.09. The van der Waals surface area contributed by atoms with E-state index in [9.17, 15) is 0 Å². The summed E-state index contributed by atoms with van der Waals surface area (Å²) in [6.45, 7) is 3.80. The van der Waals surface area contributed by atoms with Crippen LogP contribution in [-0.2, 0) is 15.9 Å². The van der Waals surface area contributed by atoms with Crippen LogP contribution < -0.4 is 10.6 Å². The predicted molar refractivity (Wildman–Crippen MR) is 73.0 cm³/mol. The summed E-state index contributed by atoms with van der Waals surface area (Å²) >= 11 is 0. The summed E-state index contributed by atoms with van der Waals surface area (Å²) in [6.07, 6.45) is 0.969. The average Bonchev–Trinajstić information content (AvgIpc) is 2.38. The van der Waals surface area contributed by atoms with Gasteiger partial charge in [-0.05, 0) is 18.1 Å². The first-order valence-corrected chi connectivity index (χ1v) is 6.46. The van der Waals surface area contributed by atoms with Crippen molar-refractivity contribution < 1.29 is 9.47 Å². The molecule has 1 aromatic rings. The zero-order chi connectivity index (χ0) is 12.8. The van der Waals surface area contributed by atoms with Crippen LogP contribution in [0, 0.1) is 0 Å². The molecule has 1 atom stereocenters. The number of nitrogens with two attached hydrogens (primary N) is 1. The molecule has 0 radical (unpaired) electrons. The minimum atomic E-state index is 0.221. The Kier molecular flexibility index (Phi) is 4.99. The minimum absolute atomic E-state index is 0.221. The van der Waals surface area contributed by atoms with E-state index >= 15 is 0 Å². The molecule has 1 unspecified atom stereocenters. The van der Waals surface area contributed by atoms with Gasteiger partial charge in [-0.3, -0.25) is 0 Å². The molecule has 4 nitrogen and oxygen atoms in total. The summed E-state index contributed by atoms with van der Waals surface area (Å²) in [5.74, 6) is 0. The number of nitrogens with zero attached hydrogens (tertiary/aromatic N) is 1. The highest BCUT2D eigenvalue weighted by atomic mass is 16.5. The maximum Gasteiger partial charge on any atom is 0.0701 e. The molecule has 0 amide bonds. The lowest BCUT2D eigenvalue weighted by Crippen LogP contribution is -2.44. The molecular formula is C14H22N2O2. The third kappa shape index (κ3) is 3.45.